The Balaban J connectivity index is 1.64. The summed E-state index contributed by atoms with van der Waals surface area (Å²) in [6.07, 6.45) is 1.61. The zero-order chi connectivity index (χ0) is 14.3. The minimum Gasteiger partial charge on any atom is -0.376 e. The molecule has 3 fully saturated rings. The van der Waals surface area contributed by atoms with Gasteiger partial charge in [0, 0.05) is 44.4 Å². The molecule has 0 unspecified atom stereocenters. The Labute approximate surface area is 120 Å². The lowest BCUT2D eigenvalue weighted by Crippen LogP contribution is -2.36. The topological polar surface area (TPSA) is 66.9 Å². The molecule has 0 bridgehead atoms. The Hall–Kier alpha value is -0.660. The molecule has 0 spiro atoms. The number of carbonyl (C=O) groups is 1. The number of nitrogens with zero attached hydrogens (tertiary/aromatic N) is 2. The zero-order valence-electron chi connectivity index (χ0n) is 11.8. The van der Waals surface area contributed by atoms with Crippen LogP contribution in [0.5, 0.6) is 0 Å². The molecular formula is C13H22N2O4S. The SMILES string of the molecule is CCS(=O)(=O)N1C[C@@H]2[C@@H](CN3CCCC3=O)CO[C@@H]2C1. The van der Waals surface area contributed by atoms with Crippen LogP contribution in [0.3, 0.4) is 0 Å². The van der Waals surface area contributed by atoms with Crippen molar-refractivity contribution in [2.75, 3.05) is 38.5 Å². The van der Waals surface area contributed by atoms with Gasteiger partial charge in [0.25, 0.3) is 0 Å². The highest BCUT2D eigenvalue weighted by Gasteiger charge is 2.47. The van der Waals surface area contributed by atoms with Gasteiger partial charge >= 0.3 is 0 Å². The van der Waals surface area contributed by atoms with Crippen LogP contribution in [0.15, 0.2) is 0 Å². The number of hydrogen-bond donors (Lipinski definition) is 0. The van der Waals surface area contributed by atoms with Gasteiger partial charge in [-0.15, -0.1) is 0 Å². The predicted octanol–water partition coefficient (Wildman–Crippen LogP) is -0.0947. The van der Waals surface area contributed by atoms with Crippen LogP contribution < -0.4 is 0 Å². The predicted molar refractivity (Wildman–Crippen MR) is 73.6 cm³/mol. The van der Waals surface area contributed by atoms with E-state index in [2.05, 4.69) is 0 Å². The number of fused-ring (bicyclic) bond motifs is 1. The van der Waals surface area contributed by atoms with Crippen LogP contribution in [0, 0.1) is 11.8 Å². The minimum absolute atomic E-state index is 0.0130. The van der Waals surface area contributed by atoms with Gasteiger partial charge in [-0.2, -0.15) is 4.31 Å². The summed E-state index contributed by atoms with van der Waals surface area (Å²) in [6.45, 7) is 4.91. The van der Waals surface area contributed by atoms with E-state index in [1.165, 1.54) is 0 Å². The van der Waals surface area contributed by atoms with E-state index in [4.69, 9.17) is 4.74 Å². The highest BCUT2D eigenvalue weighted by molar-refractivity contribution is 7.89. The van der Waals surface area contributed by atoms with Gasteiger partial charge < -0.3 is 9.64 Å². The molecule has 3 rings (SSSR count). The maximum atomic E-state index is 11.9. The van der Waals surface area contributed by atoms with Crippen molar-refractivity contribution in [1.82, 2.24) is 9.21 Å². The van der Waals surface area contributed by atoms with Crippen LogP contribution in [0.4, 0.5) is 0 Å². The molecule has 0 aromatic carbocycles. The van der Waals surface area contributed by atoms with E-state index in [9.17, 15) is 13.2 Å². The molecule has 3 aliphatic rings. The molecule has 114 valence electrons. The van der Waals surface area contributed by atoms with Gasteiger partial charge in [-0.05, 0) is 13.3 Å². The highest BCUT2D eigenvalue weighted by atomic mass is 32.2. The van der Waals surface area contributed by atoms with Crippen LogP contribution in [0.2, 0.25) is 0 Å². The van der Waals surface area contributed by atoms with E-state index in [1.54, 1.807) is 11.2 Å². The van der Waals surface area contributed by atoms with E-state index in [0.717, 1.165) is 19.5 Å². The van der Waals surface area contributed by atoms with E-state index in [0.29, 0.717) is 26.1 Å². The first kappa shape index (κ1) is 14.3. The lowest BCUT2D eigenvalue weighted by atomic mass is 9.93. The van der Waals surface area contributed by atoms with Crippen molar-refractivity contribution >= 4 is 15.9 Å². The first-order chi connectivity index (χ1) is 9.51. The second-order valence-electron chi connectivity index (χ2n) is 5.96. The van der Waals surface area contributed by atoms with Crippen molar-refractivity contribution in [1.29, 1.82) is 0 Å². The van der Waals surface area contributed by atoms with Gasteiger partial charge in [0.2, 0.25) is 15.9 Å². The molecule has 0 radical (unpaired) electrons. The first-order valence-corrected chi connectivity index (χ1v) is 8.99. The molecular weight excluding hydrogens is 280 g/mol. The van der Waals surface area contributed by atoms with Crippen LogP contribution in [-0.2, 0) is 19.6 Å². The number of hydrogen-bond acceptors (Lipinski definition) is 4. The summed E-state index contributed by atoms with van der Waals surface area (Å²) in [5.41, 5.74) is 0. The van der Waals surface area contributed by atoms with E-state index < -0.39 is 10.0 Å². The molecule has 3 atom stereocenters. The largest absolute Gasteiger partial charge is 0.376 e. The second kappa shape index (κ2) is 5.27. The standard InChI is InChI=1S/C13H22N2O4S/c1-2-20(17,18)15-7-11-10(9-19-12(11)8-15)6-14-5-3-4-13(14)16/h10-12H,2-9H2,1H3/t10-,11+,12+/m0/s1. The number of likely N-dealkylation sites (tertiary alicyclic amines) is 1. The molecule has 3 heterocycles. The van der Waals surface area contributed by atoms with Gasteiger partial charge in [0.05, 0.1) is 18.5 Å². The van der Waals surface area contributed by atoms with Crippen molar-refractivity contribution in [3.8, 4) is 0 Å². The Morgan fingerprint density at radius 1 is 1.35 bits per heavy atom. The summed E-state index contributed by atoms with van der Waals surface area (Å²) in [7, 11) is -3.13. The van der Waals surface area contributed by atoms with Gasteiger partial charge in [0.1, 0.15) is 0 Å². The van der Waals surface area contributed by atoms with Crippen LogP contribution in [0.25, 0.3) is 0 Å². The molecule has 0 N–H and O–H groups in total. The van der Waals surface area contributed by atoms with Gasteiger partial charge in [-0.3, -0.25) is 4.79 Å². The number of rotatable bonds is 4. The fraction of sp³-hybridized carbons (Fsp3) is 0.923. The molecule has 0 saturated carbocycles. The van der Waals surface area contributed by atoms with E-state index in [-0.39, 0.29) is 29.6 Å². The van der Waals surface area contributed by atoms with Crippen LogP contribution in [0.1, 0.15) is 19.8 Å². The summed E-state index contributed by atoms with van der Waals surface area (Å²) >= 11 is 0. The van der Waals surface area contributed by atoms with E-state index in [1.807, 2.05) is 4.90 Å². The molecule has 0 aliphatic carbocycles. The molecule has 3 aliphatic heterocycles. The van der Waals surface area contributed by atoms with Crippen molar-refractivity contribution in [3.63, 3.8) is 0 Å². The maximum absolute atomic E-state index is 11.9. The molecule has 1 amide bonds. The van der Waals surface area contributed by atoms with Crippen molar-refractivity contribution in [3.05, 3.63) is 0 Å². The number of carbonyl (C=O) groups excluding carboxylic acids is 1. The van der Waals surface area contributed by atoms with Gasteiger partial charge in [0.15, 0.2) is 0 Å². The molecule has 20 heavy (non-hydrogen) atoms. The summed E-state index contributed by atoms with van der Waals surface area (Å²) < 4.78 is 31.2. The average molecular weight is 302 g/mol. The third kappa shape index (κ3) is 2.46. The Bertz CT molecular complexity index is 493. The van der Waals surface area contributed by atoms with E-state index >= 15 is 0 Å². The highest BCUT2D eigenvalue weighted by Crippen LogP contribution is 2.35. The fourth-order valence-corrected chi connectivity index (χ4v) is 4.68. The second-order valence-corrected chi connectivity index (χ2v) is 8.21. The van der Waals surface area contributed by atoms with Gasteiger partial charge in [-0.1, -0.05) is 0 Å². The minimum atomic E-state index is -3.13. The summed E-state index contributed by atoms with van der Waals surface area (Å²) in [4.78, 5) is 13.6. The molecule has 3 saturated heterocycles. The van der Waals surface area contributed by atoms with Crippen molar-refractivity contribution in [2.45, 2.75) is 25.9 Å². The number of ether oxygens (including phenoxy) is 1. The fourth-order valence-electron chi connectivity index (χ4n) is 3.54. The third-order valence-electron chi connectivity index (χ3n) is 4.79. The monoisotopic (exact) mass is 302 g/mol. The molecule has 0 aromatic rings. The Morgan fingerprint density at radius 3 is 2.80 bits per heavy atom. The molecule has 6 nitrogen and oxygen atoms in total. The summed E-state index contributed by atoms with van der Waals surface area (Å²) in [6, 6.07) is 0. The summed E-state index contributed by atoms with van der Waals surface area (Å²) in [5, 5.41) is 0. The average Bonchev–Trinajstić information content (AvgIpc) is 3.08. The summed E-state index contributed by atoms with van der Waals surface area (Å²) in [5.74, 6) is 0.884. The zero-order valence-corrected chi connectivity index (χ0v) is 12.6. The number of sulfonamides is 1. The molecule has 0 aromatic heterocycles. The maximum Gasteiger partial charge on any atom is 0.222 e. The lowest BCUT2D eigenvalue weighted by Gasteiger charge is -2.24. The Morgan fingerprint density at radius 2 is 2.15 bits per heavy atom. The normalized spacial score (nSPS) is 35.0. The molecule has 7 heteroatoms. The quantitative estimate of drug-likeness (QED) is 0.728. The van der Waals surface area contributed by atoms with Crippen LogP contribution in [-0.4, -0.2) is 68.2 Å². The van der Waals surface area contributed by atoms with Crippen molar-refractivity contribution in [2.24, 2.45) is 11.8 Å². The smallest absolute Gasteiger partial charge is 0.222 e. The van der Waals surface area contributed by atoms with Crippen molar-refractivity contribution < 1.29 is 17.9 Å². The lowest BCUT2D eigenvalue weighted by molar-refractivity contribution is -0.128. The first-order valence-electron chi connectivity index (χ1n) is 7.38. The Kier molecular flexibility index (Phi) is 3.77. The number of amides is 1. The van der Waals surface area contributed by atoms with Gasteiger partial charge in [-0.25, -0.2) is 8.42 Å². The third-order valence-corrected chi connectivity index (χ3v) is 6.60. The van der Waals surface area contributed by atoms with Crippen LogP contribution >= 0.6 is 0 Å².